The molecule has 0 aliphatic carbocycles. The van der Waals surface area contributed by atoms with Gasteiger partial charge >= 0.3 is 0 Å². The van der Waals surface area contributed by atoms with Crippen molar-refractivity contribution in [2.75, 3.05) is 0 Å². The van der Waals surface area contributed by atoms with Crippen LogP contribution in [-0.4, -0.2) is 14.5 Å². The summed E-state index contributed by atoms with van der Waals surface area (Å²) in [5.41, 5.74) is 1.04. The summed E-state index contributed by atoms with van der Waals surface area (Å²) in [6.07, 6.45) is 4.56. The average Bonchev–Trinajstić information content (AvgIpc) is 2.38. The van der Waals surface area contributed by atoms with Crippen molar-refractivity contribution in [3.8, 4) is 0 Å². The Morgan fingerprint density at radius 2 is 1.74 bits per heavy atom. The first-order valence-corrected chi connectivity index (χ1v) is 8.40. The van der Waals surface area contributed by atoms with Gasteiger partial charge in [-0.15, -0.1) is 0 Å². The molecule has 1 aromatic rings. The lowest BCUT2D eigenvalue weighted by Crippen LogP contribution is -2.18. The molecule has 0 bridgehead atoms. The van der Waals surface area contributed by atoms with Crippen molar-refractivity contribution in [3.63, 3.8) is 0 Å². The monoisotopic (exact) mass is 284 g/mol. The maximum absolute atomic E-state index is 12.1. The zero-order valence-electron chi connectivity index (χ0n) is 12.1. The van der Waals surface area contributed by atoms with Crippen LogP contribution in [0.2, 0.25) is 0 Å². The minimum atomic E-state index is -3.63. The van der Waals surface area contributed by atoms with Crippen LogP contribution >= 0.6 is 0 Å². The van der Waals surface area contributed by atoms with Crippen molar-refractivity contribution in [1.82, 2.24) is 0 Å². The fourth-order valence-electron chi connectivity index (χ4n) is 1.88. The number of unbranched alkanes of at least 4 members (excludes halogenated alkanes) is 2. The fourth-order valence-corrected chi connectivity index (χ4v) is 3.05. The summed E-state index contributed by atoms with van der Waals surface area (Å²) in [5, 5.41) is 0. The van der Waals surface area contributed by atoms with E-state index in [0.29, 0.717) is 0 Å². The maximum atomic E-state index is 12.1. The molecule has 0 heterocycles. The molecule has 0 fully saturated rings. The lowest BCUT2D eigenvalue weighted by atomic mass is 10.1. The van der Waals surface area contributed by atoms with Gasteiger partial charge in [0.2, 0.25) is 0 Å². The molecule has 0 spiro atoms. The zero-order chi connectivity index (χ0) is 14.3. The molecule has 0 N–H and O–H groups in total. The third-order valence-corrected chi connectivity index (χ3v) is 4.53. The van der Waals surface area contributed by atoms with E-state index in [1.165, 1.54) is 0 Å². The molecule has 4 heteroatoms. The van der Waals surface area contributed by atoms with Gasteiger partial charge in [-0.2, -0.15) is 8.42 Å². The highest BCUT2D eigenvalue weighted by Gasteiger charge is 2.20. The molecular formula is C15H24O3S. The first-order chi connectivity index (χ1) is 8.99. The lowest BCUT2D eigenvalue weighted by Gasteiger charge is -2.15. The van der Waals surface area contributed by atoms with Crippen LogP contribution in [0.5, 0.6) is 0 Å². The van der Waals surface area contributed by atoms with Gasteiger partial charge < -0.3 is 0 Å². The van der Waals surface area contributed by atoms with Crippen molar-refractivity contribution >= 4 is 10.1 Å². The highest BCUT2D eigenvalue weighted by Crippen LogP contribution is 2.19. The predicted molar refractivity (Wildman–Crippen MR) is 77.7 cm³/mol. The maximum Gasteiger partial charge on any atom is 0.297 e. The van der Waals surface area contributed by atoms with Crippen molar-refractivity contribution in [2.24, 2.45) is 0 Å². The Hall–Kier alpha value is -0.870. The first kappa shape index (κ1) is 16.2. The van der Waals surface area contributed by atoms with Crippen molar-refractivity contribution in [2.45, 2.75) is 63.9 Å². The molecule has 0 radical (unpaired) electrons. The molecule has 0 amide bonds. The number of benzene rings is 1. The smallest absolute Gasteiger partial charge is 0.263 e. The van der Waals surface area contributed by atoms with Gasteiger partial charge in [-0.05, 0) is 31.9 Å². The molecule has 108 valence electrons. The van der Waals surface area contributed by atoms with Crippen LogP contribution in [0.1, 0.15) is 51.5 Å². The van der Waals surface area contributed by atoms with E-state index in [9.17, 15) is 8.42 Å². The molecule has 0 aliphatic heterocycles. The normalized spacial score (nSPS) is 13.4. The molecule has 0 aliphatic rings. The minimum absolute atomic E-state index is 0.210. The van der Waals surface area contributed by atoms with Gasteiger partial charge in [-0.1, -0.05) is 50.8 Å². The van der Waals surface area contributed by atoms with Crippen molar-refractivity contribution in [1.29, 1.82) is 0 Å². The molecule has 1 atom stereocenters. The van der Waals surface area contributed by atoms with Crippen LogP contribution in [-0.2, 0) is 14.3 Å². The molecule has 0 saturated carbocycles. The van der Waals surface area contributed by atoms with Gasteiger partial charge in [0, 0.05) is 0 Å². The summed E-state index contributed by atoms with van der Waals surface area (Å²) in [5.74, 6) is 0. The van der Waals surface area contributed by atoms with E-state index < -0.39 is 10.1 Å². The van der Waals surface area contributed by atoms with E-state index in [-0.39, 0.29) is 11.0 Å². The van der Waals surface area contributed by atoms with Crippen LogP contribution in [0, 0.1) is 6.92 Å². The van der Waals surface area contributed by atoms with E-state index >= 15 is 0 Å². The number of hydrogen-bond donors (Lipinski definition) is 0. The SMILES string of the molecule is CCCCCC(CC)OS(=O)(=O)c1ccc(C)cc1. The van der Waals surface area contributed by atoms with Crippen molar-refractivity contribution in [3.05, 3.63) is 29.8 Å². The molecule has 1 aromatic carbocycles. The van der Waals surface area contributed by atoms with Gasteiger partial charge in [0.25, 0.3) is 10.1 Å². The molecule has 0 aromatic heterocycles. The van der Waals surface area contributed by atoms with Crippen LogP contribution in [0.25, 0.3) is 0 Å². The summed E-state index contributed by atoms with van der Waals surface area (Å²) < 4.78 is 29.6. The fraction of sp³-hybridized carbons (Fsp3) is 0.600. The van der Waals surface area contributed by atoms with E-state index in [4.69, 9.17) is 4.18 Å². The quantitative estimate of drug-likeness (QED) is 0.534. The Morgan fingerprint density at radius 1 is 1.11 bits per heavy atom. The lowest BCUT2D eigenvalue weighted by molar-refractivity contribution is 0.190. The van der Waals surface area contributed by atoms with Gasteiger partial charge in [0.1, 0.15) is 0 Å². The van der Waals surface area contributed by atoms with Crippen LogP contribution < -0.4 is 0 Å². The van der Waals surface area contributed by atoms with E-state index in [1.54, 1.807) is 24.3 Å². The molecule has 19 heavy (non-hydrogen) atoms. The highest BCUT2D eigenvalue weighted by molar-refractivity contribution is 7.86. The van der Waals surface area contributed by atoms with E-state index in [1.807, 2.05) is 13.8 Å². The Balaban J connectivity index is 2.69. The second-order valence-corrected chi connectivity index (χ2v) is 6.46. The second kappa shape index (κ2) is 7.65. The third kappa shape index (κ3) is 5.33. The highest BCUT2D eigenvalue weighted by atomic mass is 32.2. The Bertz CT molecular complexity index is 463. The van der Waals surface area contributed by atoms with Gasteiger partial charge in [0.15, 0.2) is 0 Å². The summed E-state index contributed by atoms with van der Waals surface area (Å²) in [4.78, 5) is 0.243. The minimum Gasteiger partial charge on any atom is -0.263 e. The zero-order valence-corrected chi connectivity index (χ0v) is 12.9. The first-order valence-electron chi connectivity index (χ1n) is 6.99. The Labute approximate surface area is 117 Å². The summed E-state index contributed by atoms with van der Waals surface area (Å²) in [7, 11) is -3.63. The number of aryl methyl sites for hydroxylation is 1. The van der Waals surface area contributed by atoms with Gasteiger partial charge in [-0.25, -0.2) is 0 Å². The van der Waals surface area contributed by atoms with Gasteiger partial charge in [-0.3, -0.25) is 4.18 Å². The average molecular weight is 284 g/mol. The van der Waals surface area contributed by atoms with Crippen LogP contribution in [0.4, 0.5) is 0 Å². The third-order valence-electron chi connectivity index (χ3n) is 3.16. The second-order valence-electron chi connectivity index (χ2n) is 4.89. The standard InChI is InChI=1S/C15H24O3S/c1-4-6-7-8-14(5-2)18-19(16,17)15-11-9-13(3)10-12-15/h9-12,14H,4-8H2,1-3H3. The molecule has 0 saturated heterocycles. The molecule has 1 unspecified atom stereocenters. The Morgan fingerprint density at radius 3 is 2.26 bits per heavy atom. The Kier molecular flexibility index (Phi) is 6.52. The summed E-state index contributed by atoms with van der Waals surface area (Å²) in [6.45, 7) is 6.02. The van der Waals surface area contributed by atoms with E-state index in [2.05, 4.69) is 6.92 Å². The van der Waals surface area contributed by atoms with Crippen LogP contribution in [0.3, 0.4) is 0 Å². The van der Waals surface area contributed by atoms with E-state index in [0.717, 1.165) is 37.7 Å². The van der Waals surface area contributed by atoms with Crippen molar-refractivity contribution < 1.29 is 12.6 Å². The number of rotatable bonds is 8. The molecular weight excluding hydrogens is 260 g/mol. The summed E-state index contributed by atoms with van der Waals surface area (Å²) >= 11 is 0. The predicted octanol–water partition coefficient (Wildman–Crippen LogP) is 4.06. The molecule has 3 nitrogen and oxygen atoms in total. The topological polar surface area (TPSA) is 43.4 Å². The molecule has 1 rings (SSSR count). The summed E-state index contributed by atoms with van der Waals surface area (Å²) in [6, 6.07) is 6.77. The van der Waals surface area contributed by atoms with Crippen LogP contribution in [0.15, 0.2) is 29.2 Å². The number of hydrogen-bond acceptors (Lipinski definition) is 3. The largest absolute Gasteiger partial charge is 0.297 e. The van der Waals surface area contributed by atoms with Gasteiger partial charge in [0.05, 0.1) is 11.0 Å².